The van der Waals surface area contributed by atoms with Gasteiger partial charge in [-0.1, -0.05) is 29.3 Å². The van der Waals surface area contributed by atoms with Crippen molar-refractivity contribution in [3.05, 3.63) is 50.9 Å². The van der Waals surface area contributed by atoms with Crippen molar-refractivity contribution in [1.82, 2.24) is 5.32 Å². The van der Waals surface area contributed by atoms with Crippen LogP contribution in [0.4, 0.5) is 0 Å². The molecule has 1 amide bonds. The molecule has 130 valence electrons. The maximum Gasteiger partial charge on any atom is 0.256 e. The summed E-state index contributed by atoms with van der Waals surface area (Å²) in [5.74, 6) is -0.357. The van der Waals surface area contributed by atoms with Crippen molar-refractivity contribution < 1.29 is 17.6 Å². The lowest BCUT2D eigenvalue weighted by Gasteiger charge is -2.15. The zero-order chi connectivity index (χ0) is 18.2. The summed E-state index contributed by atoms with van der Waals surface area (Å²) in [6, 6.07) is 4.52. The van der Waals surface area contributed by atoms with Crippen LogP contribution >= 0.6 is 23.2 Å². The molecule has 0 aliphatic carbocycles. The lowest BCUT2D eigenvalue weighted by molar-refractivity contribution is 0.0935. The lowest BCUT2D eigenvalue weighted by Crippen LogP contribution is -2.29. The molecule has 1 aromatic carbocycles. The number of rotatable bonds is 4. The molecule has 3 N–H and O–H groups in total. The third-order valence-electron chi connectivity index (χ3n) is 3.51. The first-order chi connectivity index (χ1) is 11.0. The minimum Gasteiger partial charge on any atom is -0.464 e. The van der Waals surface area contributed by atoms with Gasteiger partial charge in [-0.15, -0.1) is 0 Å². The van der Waals surface area contributed by atoms with Crippen LogP contribution in [0.25, 0.3) is 0 Å². The van der Waals surface area contributed by atoms with Gasteiger partial charge in [-0.2, -0.15) is 0 Å². The Morgan fingerprint density at radius 1 is 1.21 bits per heavy atom. The molecule has 24 heavy (non-hydrogen) atoms. The summed E-state index contributed by atoms with van der Waals surface area (Å²) in [7, 11) is -4.09. The van der Waals surface area contributed by atoms with Crippen molar-refractivity contribution >= 4 is 39.1 Å². The molecule has 9 heteroatoms. The molecule has 0 saturated heterocycles. The van der Waals surface area contributed by atoms with Gasteiger partial charge in [0.25, 0.3) is 5.91 Å². The Morgan fingerprint density at radius 2 is 1.83 bits per heavy atom. The second kappa shape index (κ2) is 6.76. The number of nitrogens with one attached hydrogen (secondary N) is 1. The molecule has 1 aromatic heterocycles. The first kappa shape index (κ1) is 18.8. The molecule has 0 aliphatic rings. The van der Waals surface area contributed by atoms with Gasteiger partial charge in [0.2, 0.25) is 10.0 Å². The fourth-order valence-electron chi connectivity index (χ4n) is 2.40. The maximum absolute atomic E-state index is 12.5. The molecule has 2 aromatic rings. The number of hydrogen-bond donors (Lipinski definition) is 2. The minimum absolute atomic E-state index is 0.0716. The Balaban J connectivity index is 2.35. The molecule has 0 fully saturated rings. The third kappa shape index (κ3) is 3.75. The molecular weight excluding hydrogens is 375 g/mol. The fourth-order valence-corrected chi connectivity index (χ4v) is 3.67. The van der Waals surface area contributed by atoms with Gasteiger partial charge >= 0.3 is 0 Å². The third-order valence-corrected chi connectivity index (χ3v) is 5.31. The summed E-state index contributed by atoms with van der Waals surface area (Å²) >= 11 is 11.8. The molecule has 0 saturated carbocycles. The summed E-state index contributed by atoms with van der Waals surface area (Å²) in [4.78, 5) is 12.2. The Labute approximate surface area is 150 Å². The van der Waals surface area contributed by atoms with Gasteiger partial charge in [-0.05, 0) is 38.5 Å². The molecule has 0 aliphatic heterocycles. The first-order valence-corrected chi connectivity index (χ1v) is 9.21. The highest BCUT2D eigenvalue weighted by molar-refractivity contribution is 7.89. The van der Waals surface area contributed by atoms with E-state index in [0.717, 1.165) is 0 Å². The highest BCUT2D eigenvalue weighted by atomic mass is 35.5. The average Bonchev–Trinajstić information content (AvgIpc) is 2.76. The normalized spacial score (nSPS) is 12.9. The van der Waals surface area contributed by atoms with E-state index in [1.54, 1.807) is 25.1 Å². The van der Waals surface area contributed by atoms with Crippen LogP contribution in [-0.2, 0) is 10.0 Å². The highest BCUT2D eigenvalue weighted by Crippen LogP contribution is 2.28. The topological polar surface area (TPSA) is 102 Å². The number of aryl methyl sites for hydroxylation is 2. The van der Waals surface area contributed by atoms with E-state index >= 15 is 0 Å². The quantitative estimate of drug-likeness (QED) is 0.834. The van der Waals surface area contributed by atoms with Gasteiger partial charge in [0.05, 0.1) is 16.1 Å². The predicted molar refractivity (Wildman–Crippen MR) is 91.9 cm³/mol. The second-order valence-corrected chi connectivity index (χ2v) is 7.64. The van der Waals surface area contributed by atoms with Crippen LogP contribution < -0.4 is 10.5 Å². The van der Waals surface area contributed by atoms with Crippen LogP contribution in [0.3, 0.4) is 0 Å². The van der Waals surface area contributed by atoms with Gasteiger partial charge in [-0.25, -0.2) is 13.6 Å². The molecule has 1 unspecified atom stereocenters. The molecule has 1 atom stereocenters. The standard InChI is InChI=1S/C15H16Cl2N2O4S/c1-7(10-4-5-11(16)12(17)6-10)19-15(20)13-8(2)23-9(3)14(13)24(18,21)22/h4-7H,1-3H3,(H,19,20)(H2,18,21,22). The van der Waals surface area contributed by atoms with Crippen molar-refractivity contribution in [1.29, 1.82) is 0 Å². The van der Waals surface area contributed by atoms with Crippen LogP contribution in [0.2, 0.25) is 10.0 Å². The van der Waals surface area contributed by atoms with Crippen molar-refractivity contribution in [3.8, 4) is 0 Å². The van der Waals surface area contributed by atoms with E-state index in [0.29, 0.717) is 15.6 Å². The maximum atomic E-state index is 12.5. The van der Waals surface area contributed by atoms with Gasteiger partial charge in [0, 0.05) is 0 Å². The van der Waals surface area contributed by atoms with Crippen LogP contribution in [0.15, 0.2) is 27.5 Å². The van der Waals surface area contributed by atoms with Crippen LogP contribution in [0.5, 0.6) is 0 Å². The van der Waals surface area contributed by atoms with Crippen molar-refractivity contribution in [2.45, 2.75) is 31.7 Å². The smallest absolute Gasteiger partial charge is 0.256 e. The van der Waals surface area contributed by atoms with E-state index in [1.807, 2.05) is 0 Å². The number of amides is 1. The molecule has 1 heterocycles. The molecular formula is C15H16Cl2N2O4S. The van der Waals surface area contributed by atoms with E-state index in [-0.39, 0.29) is 22.0 Å². The van der Waals surface area contributed by atoms with E-state index in [1.165, 1.54) is 13.8 Å². The van der Waals surface area contributed by atoms with Crippen LogP contribution in [0, 0.1) is 13.8 Å². The largest absolute Gasteiger partial charge is 0.464 e. The first-order valence-electron chi connectivity index (χ1n) is 6.91. The van der Waals surface area contributed by atoms with Crippen LogP contribution in [-0.4, -0.2) is 14.3 Å². The summed E-state index contributed by atoms with van der Waals surface area (Å²) in [6.45, 7) is 4.67. The van der Waals surface area contributed by atoms with Gasteiger partial charge in [0.1, 0.15) is 22.0 Å². The number of benzene rings is 1. The molecule has 0 bridgehead atoms. The second-order valence-electron chi connectivity index (χ2n) is 5.33. The summed E-state index contributed by atoms with van der Waals surface area (Å²) < 4.78 is 28.7. The average molecular weight is 391 g/mol. The Hall–Kier alpha value is -1.54. The zero-order valence-electron chi connectivity index (χ0n) is 13.2. The molecule has 2 rings (SSSR count). The monoisotopic (exact) mass is 390 g/mol. The summed E-state index contributed by atoms with van der Waals surface area (Å²) in [5, 5.41) is 8.65. The number of nitrogens with two attached hydrogens (primary N) is 1. The van der Waals surface area contributed by atoms with E-state index in [2.05, 4.69) is 5.32 Å². The summed E-state index contributed by atoms with van der Waals surface area (Å²) in [6.07, 6.45) is 0. The van der Waals surface area contributed by atoms with Crippen LogP contribution in [0.1, 0.15) is 40.4 Å². The Morgan fingerprint density at radius 3 is 2.38 bits per heavy atom. The van der Waals surface area contributed by atoms with Gasteiger partial charge < -0.3 is 9.73 Å². The fraction of sp³-hybridized carbons (Fsp3) is 0.267. The molecule has 0 spiro atoms. The van der Waals surface area contributed by atoms with Gasteiger partial charge in [0.15, 0.2) is 0 Å². The lowest BCUT2D eigenvalue weighted by atomic mass is 10.1. The SMILES string of the molecule is Cc1oc(C)c(S(N)(=O)=O)c1C(=O)NC(C)c1ccc(Cl)c(Cl)c1. The Bertz CT molecular complexity index is 906. The number of furan rings is 1. The van der Waals surface area contributed by atoms with Crippen molar-refractivity contribution in [3.63, 3.8) is 0 Å². The number of carbonyl (C=O) groups is 1. The van der Waals surface area contributed by atoms with E-state index < -0.39 is 22.0 Å². The zero-order valence-corrected chi connectivity index (χ0v) is 15.5. The number of hydrogen-bond acceptors (Lipinski definition) is 4. The number of primary sulfonamides is 1. The van der Waals surface area contributed by atoms with E-state index in [4.69, 9.17) is 32.8 Å². The molecule has 0 radical (unpaired) electrons. The van der Waals surface area contributed by atoms with Gasteiger partial charge in [-0.3, -0.25) is 4.79 Å². The Kier molecular flexibility index (Phi) is 5.29. The summed E-state index contributed by atoms with van der Waals surface area (Å²) in [5.41, 5.74) is 0.620. The van der Waals surface area contributed by atoms with E-state index in [9.17, 15) is 13.2 Å². The number of carbonyl (C=O) groups excluding carboxylic acids is 1. The minimum atomic E-state index is -4.09. The number of halogens is 2. The molecule has 6 nitrogen and oxygen atoms in total. The van der Waals surface area contributed by atoms with Crippen molar-refractivity contribution in [2.75, 3.05) is 0 Å². The number of sulfonamides is 1. The predicted octanol–water partition coefficient (Wildman–Crippen LogP) is 3.34. The van der Waals surface area contributed by atoms with Crippen molar-refractivity contribution in [2.24, 2.45) is 5.14 Å². The highest BCUT2D eigenvalue weighted by Gasteiger charge is 2.29.